The van der Waals surface area contributed by atoms with Gasteiger partial charge in [0.2, 0.25) is 5.91 Å². The van der Waals surface area contributed by atoms with Gasteiger partial charge in [0, 0.05) is 17.1 Å². The minimum atomic E-state index is -0.625. The van der Waals surface area contributed by atoms with E-state index in [-0.39, 0.29) is 5.91 Å². The van der Waals surface area contributed by atoms with Crippen LogP contribution >= 0.6 is 0 Å². The van der Waals surface area contributed by atoms with Gasteiger partial charge in [-0.1, -0.05) is 32.0 Å². The molecule has 2 rings (SSSR count). The predicted octanol–water partition coefficient (Wildman–Crippen LogP) is 3.18. The second-order valence-corrected chi connectivity index (χ2v) is 6.02. The summed E-state index contributed by atoms with van der Waals surface area (Å²) in [6.07, 6.45) is 1.67. The fraction of sp³-hybridized carbons (Fsp3) is 0.421. The zero-order valence-electron chi connectivity index (χ0n) is 15.0. The lowest BCUT2D eigenvalue weighted by Crippen LogP contribution is -2.35. The van der Waals surface area contributed by atoms with Crippen molar-refractivity contribution in [3.63, 3.8) is 0 Å². The number of aromatic nitrogens is 2. The zero-order chi connectivity index (χ0) is 17.9. The summed E-state index contributed by atoms with van der Waals surface area (Å²) in [4.78, 5) is 28.9. The fourth-order valence-corrected chi connectivity index (χ4v) is 2.98. The number of nitrogens with zero attached hydrogens (tertiary/aromatic N) is 2. The average Bonchev–Trinajstić information content (AvgIpc) is 2.53. The number of nitrogens with one attached hydrogen (secondary N) is 1. The molecule has 128 valence electrons. The number of amides is 1. The Labute approximate surface area is 142 Å². The molecule has 0 bridgehead atoms. The molecule has 0 spiro atoms. The molecule has 0 aliphatic heterocycles. The molecule has 1 amide bonds. The molecule has 0 radical (unpaired) electrons. The Bertz CT molecular complexity index is 786. The first-order valence-corrected chi connectivity index (χ1v) is 8.37. The average molecular weight is 327 g/mol. The lowest BCUT2D eigenvalue weighted by atomic mass is 10.0. The van der Waals surface area contributed by atoms with E-state index in [1.54, 1.807) is 13.8 Å². The largest absolute Gasteiger partial charge is 0.348 e. The number of para-hydroxylation sites is 1. The van der Waals surface area contributed by atoms with Crippen molar-refractivity contribution in [2.75, 3.05) is 5.32 Å². The van der Waals surface area contributed by atoms with Crippen LogP contribution in [0.15, 0.2) is 29.1 Å². The number of benzene rings is 1. The molecule has 0 unspecified atom stereocenters. The predicted molar refractivity (Wildman–Crippen MR) is 96.5 cm³/mol. The van der Waals surface area contributed by atoms with Gasteiger partial charge in [-0.2, -0.15) is 4.98 Å². The highest BCUT2D eigenvalue weighted by Crippen LogP contribution is 2.23. The first-order valence-electron chi connectivity index (χ1n) is 8.37. The van der Waals surface area contributed by atoms with Crippen LogP contribution in [0.5, 0.6) is 0 Å². The smallest absolute Gasteiger partial charge is 0.324 e. The van der Waals surface area contributed by atoms with Crippen LogP contribution in [-0.2, 0) is 17.6 Å². The third-order valence-corrected chi connectivity index (χ3v) is 4.29. The van der Waals surface area contributed by atoms with Gasteiger partial charge in [0.25, 0.3) is 0 Å². The van der Waals surface area contributed by atoms with Crippen molar-refractivity contribution in [1.82, 2.24) is 9.55 Å². The van der Waals surface area contributed by atoms with Gasteiger partial charge in [0.15, 0.2) is 0 Å². The fourth-order valence-electron chi connectivity index (χ4n) is 2.98. The molecule has 0 fully saturated rings. The van der Waals surface area contributed by atoms with E-state index < -0.39 is 11.7 Å². The monoisotopic (exact) mass is 327 g/mol. The van der Waals surface area contributed by atoms with Crippen molar-refractivity contribution < 1.29 is 4.79 Å². The highest BCUT2D eigenvalue weighted by Gasteiger charge is 2.20. The maximum atomic E-state index is 12.7. The quantitative estimate of drug-likeness (QED) is 0.917. The first kappa shape index (κ1) is 17.9. The molecule has 1 aromatic heterocycles. The van der Waals surface area contributed by atoms with Gasteiger partial charge in [-0.05, 0) is 50.8 Å². The number of hydrogen-bond donors (Lipinski definition) is 1. The minimum Gasteiger partial charge on any atom is -0.324 e. The maximum absolute atomic E-state index is 12.7. The second-order valence-electron chi connectivity index (χ2n) is 6.02. The molecule has 0 aliphatic rings. The van der Waals surface area contributed by atoms with E-state index in [1.807, 2.05) is 31.2 Å². The van der Waals surface area contributed by atoms with Crippen LogP contribution in [0.2, 0.25) is 0 Å². The van der Waals surface area contributed by atoms with Crippen LogP contribution in [-0.4, -0.2) is 15.5 Å². The Kier molecular flexibility index (Phi) is 5.54. The summed E-state index contributed by atoms with van der Waals surface area (Å²) < 4.78 is 1.43. The zero-order valence-corrected chi connectivity index (χ0v) is 15.0. The van der Waals surface area contributed by atoms with Gasteiger partial charge in [-0.25, -0.2) is 4.79 Å². The Morgan fingerprint density at radius 3 is 2.29 bits per heavy atom. The van der Waals surface area contributed by atoms with Crippen LogP contribution in [0.25, 0.3) is 0 Å². The summed E-state index contributed by atoms with van der Waals surface area (Å²) in [5, 5.41) is 3.02. The Morgan fingerprint density at radius 1 is 1.21 bits per heavy atom. The summed E-state index contributed by atoms with van der Waals surface area (Å²) in [5.74, 6) is -0.207. The van der Waals surface area contributed by atoms with Crippen LogP contribution < -0.4 is 11.0 Å². The van der Waals surface area contributed by atoms with Crippen LogP contribution in [0.1, 0.15) is 49.3 Å². The molecule has 1 N–H and O–H groups in total. The summed E-state index contributed by atoms with van der Waals surface area (Å²) in [6, 6.07) is 7.23. The van der Waals surface area contributed by atoms with E-state index in [0.29, 0.717) is 5.69 Å². The van der Waals surface area contributed by atoms with E-state index in [1.165, 1.54) is 4.57 Å². The Hall–Kier alpha value is -2.43. The molecule has 1 atom stereocenters. The van der Waals surface area contributed by atoms with Gasteiger partial charge in [-0.15, -0.1) is 0 Å². The van der Waals surface area contributed by atoms with E-state index in [2.05, 4.69) is 24.1 Å². The number of anilines is 1. The van der Waals surface area contributed by atoms with E-state index in [9.17, 15) is 9.59 Å². The van der Waals surface area contributed by atoms with Crippen molar-refractivity contribution in [2.24, 2.45) is 0 Å². The summed E-state index contributed by atoms with van der Waals surface area (Å²) in [5.41, 5.74) is 4.06. The normalized spacial score (nSPS) is 12.0. The third-order valence-electron chi connectivity index (χ3n) is 4.29. The molecule has 0 saturated carbocycles. The summed E-state index contributed by atoms with van der Waals surface area (Å²) in [7, 11) is 0. The van der Waals surface area contributed by atoms with Crippen molar-refractivity contribution >= 4 is 11.6 Å². The van der Waals surface area contributed by atoms with Crippen LogP contribution in [0.4, 0.5) is 5.69 Å². The van der Waals surface area contributed by atoms with Crippen molar-refractivity contribution in [1.29, 1.82) is 0 Å². The van der Waals surface area contributed by atoms with Crippen LogP contribution in [0, 0.1) is 13.8 Å². The molecular weight excluding hydrogens is 302 g/mol. The van der Waals surface area contributed by atoms with Crippen molar-refractivity contribution in [2.45, 2.75) is 53.5 Å². The number of aryl methyl sites for hydroxylation is 4. The summed E-state index contributed by atoms with van der Waals surface area (Å²) >= 11 is 0. The first-order chi connectivity index (χ1) is 11.4. The highest BCUT2D eigenvalue weighted by molar-refractivity contribution is 5.95. The molecule has 0 aliphatic carbocycles. The molecular formula is C19H25N3O2. The third kappa shape index (κ3) is 3.55. The number of carbonyl (C=O) groups is 1. The second kappa shape index (κ2) is 7.43. The van der Waals surface area contributed by atoms with Gasteiger partial charge >= 0.3 is 5.69 Å². The topological polar surface area (TPSA) is 64.0 Å². The number of rotatable bonds is 5. The number of hydrogen-bond acceptors (Lipinski definition) is 3. The summed E-state index contributed by atoms with van der Waals surface area (Å²) in [6.45, 7) is 9.44. The standard InChI is InChI=1S/C19H25N3O2/c1-6-15-9-8-10-16(7-2)17(15)21-18(23)14(5)22-13(4)11-12(3)20-19(22)24/h8-11,14H,6-7H2,1-5H3,(H,21,23)/t14-/m0/s1. The molecule has 1 heterocycles. The molecule has 5 nitrogen and oxygen atoms in total. The molecule has 5 heteroatoms. The Morgan fingerprint density at radius 2 is 1.79 bits per heavy atom. The number of carbonyl (C=O) groups excluding carboxylic acids is 1. The lowest BCUT2D eigenvalue weighted by Gasteiger charge is -2.20. The Balaban J connectivity index is 2.36. The molecule has 24 heavy (non-hydrogen) atoms. The highest BCUT2D eigenvalue weighted by atomic mass is 16.2. The molecule has 1 aromatic carbocycles. The van der Waals surface area contributed by atoms with E-state index in [0.717, 1.165) is 35.3 Å². The van der Waals surface area contributed by atoms with Gasteiger partial charge in [0.1, 0.15) is 6.04 Å². The lowest BCUT2D eigenvalue weighted by molar-refractivity contribution is -0.119. The van der Waals surface area contributed by atoms with Crippen LogP contribution in [0.3, 0.4) is 0 Å². The maximum Gasteiger partial charge on any atom is 0.348 e. The van der Waals surface area contributed by atoms with Gasteiger partial charge < -0.3 is 5.32 Å². The molecule has 0 saturated heterocycles. The van der Waals surface area contributed by atoms with Gasteiger partial charge in [-0.3, -0.25) is 9.36 Å². The SMILES string of the molecule is CCc1cccc(CC)c1NC(=O)[C@H](C)n1c(C)cc(C)nc1=O. The molecule has 2 aromatic rings. The minimum absolute atomic E-state index is 0.207. The van der Waals surface area contributed by atoms with Gasteiger partial charge in [0.05, 0.1) is 0 Å². The van der Waals surface area contributed by atoms with Crippen molar-refractivity contribution in [3.05, 3.63) is 57.3 Å². The van der Waals surface area contributed by atoms with Crippen molar-refractivity contribution in [3.8, 4) is 0 Å². The van der Waals surface area contributed by atoms with E-state index in [4.69, 9.17) is 0 Å². The van der Waals surface area contributed by atoms with E-state index >= 15 is 0 Å².